The number of pyridine rings is 1. The van der Waals surface area contributed by atoms with Crippen LogP contribution in [0, 0.1) is 11.8 Å². The number of nitrogens with one attached hydrogen (secondary N) is 2. The van der Waals surface area contributed by atoms with Gasteiger partial charge in [-0.05, 0) is 96.0 Å². The molecule has 4 aliphatic heterocycles. The monoisotopic (exact) mass is 617 g/mol. The molecule has 234 valence electrons. The molecule has 2 aromatic rings. The summed E-state index contributed by atoms with van der Waals surface area (Å²) < 4.78 is 6.75. The molecule has 6 heteroatoms. The maximum Gasteiger partial charge on any atom is 0.192 e. The van der Waals surface area contributed by atoms with Crippen LogP contribution in [0.2, 0.25) is 0 Å². The molecule has 3 aliphatic carbocycles. The number of aromatic nitrogens is 1. The van der Waals surface area contributed by atoms with Crippen molar-refractivity contribution < 1.29 is 4.74 Å². The van der Waals surface area contributed by atoms with Gasteiger partial charge in [-0.2, -0.15) is 0 Å². The smallest absolute Gasteiger partial charge is 0.192 e. The minimum Gasteiger partial charge on any atom is -0.465 e. The van der Waals surface area contributed by atoms with Crippen molar-refractivity contribution in [3.8, 4) is 0 Å². The van der Waals surface area contributed by atoms with E-state index < -0.39 is 0 Å². The SMILES string of the molecule is CC1CN=CC=C1C1=CC(c2ccncc2)=CC(c2ccc(N3C4=C(C5=C(CC4)NC(C4=CC=CCC4)O5)C4C=CC=CC43)cc2)N1. The van der Waals surface area contributed by atoms with Crippen molar-refractivity contribution in [2.45, 2.75) is 50.9 Å². The molecule has 0 spiro atoms. The van der Waals surface area contributed by atoms with Gasteiger partial charge in [-0.25, -0.2) is 0 Å². The second kappa shape index (κ2) is 11.6. The minimum absolute atomic E-state index is 0.0408. The Kier molecular flexibility index (Phi) is 6.95. The van der Waals surface area contributed by atoms with Crippen LogP contribution in [0.25, 0.3) is 5.57 Å². The zero-order chi connectivity index (χ0) is 31.3. The van der Waals surface area contributed by atoms with E-state index in [0.717, 1.165) is 43.7 Å². The number of hydrogen-bond donors (Lipinski definition) is 2. The van der Waals surface area contributed by atoms with E-state index in [1.54, 1.807) is 0 Å². The van der Waals surface area contributed by atoms with Gasteiger partial charge in [0, 0.05) is 59.6 Å². The number of dihydropyridines is 2. The number of aliphatic imine (C=N–C) groups is 1. The fourth-order valence-corrected chi connectivity index (χ4v) is 8.10. The number of nitrogens with zero attached hydrogens (tertiary/aromatic N) is 3. The largest absolute Gasteiger partial charge is 0.465 e. The van der Waals surface area contributed by atoms with E-state index in [2.05, 4.69) is 130 Å². The summed E-state index contributed by atoms with van der Waals surface area (Å²) in [4.78, 5) is 11.3. The first-order valence-electron chi connectivity index (χ1n) is 17.0. The van der Waals surface area contributed by atoms with Crippen LogP contribution in [0.15, 0.2) is 154 Å². The molecule has 7 aliphatic rings. The first kappa shape index (κ1) is 28.1. The lowest BCUT2D eigenvalue weighted by Gasteiger charge is -2.32. The molecule has 6 nitrogen and oxygen atoms in total. The normalized spacial score (nSPS) is 28.8. The Morgan fingerprint density at radius 2 is 1.79 bits per heavy atom. The molecule has 0 fully saturated rings. The van der Waals surface area contributed by atoms with E-state index in [4.69, 9.17) is 4.74 Å². The van der Waals surface area contributed by atoms with Crippen LogP contribution in [0.5, 0.6) is 0 Å². The molecule has 0 amide bonds. The first-order valence-corrected chi connectivity index (χ1v) is 17.0. The van der Waals surface area contributed by atoms with Gasteiger partial charge < -0.3 is 20.3 Å². The lowest BCUT2D eigenvalue weighted by atomic mass is 9.86. The number of fused-ring (bicyclic) bond motifs is 3. The number of hydrogen-bond acceptors (Lipinski definition) is 6. The van der Waals surface area contributed by atoms with Gasteiger partial charge in [0.1, 0.15) is 5.76 Å². The molecule has 0 bridgehead atoms. The van der Waals surface area contributed by atoms with Crippen LogP contribution in [-0.2, 0) is 4.74 Å². The average Bonchev–Trinajstić information content (AvgIpc) is 3.72. The van der Waals surface area contributed by atoms with Crippen LogP contribution in [0.3, 0.4) is 0 Å². The Balaban J connectivity index is 1.03. The Bertz CT molecular complexity index is 1920. The second-order valence-electron chi connectivity index (χ2n) is 13.3. The summed E-state index contributed by atoms with van der Waals surface area (Å²) in [5.41, 5.74) is 12.7. The molecule has 47 heavy (non-hydrogen) atoms. The van der Waals surface area contributed by atoms with E-state index in [1.165, 1.54) is 50.5 Å². The predicted molar refractivity (Wildman–Crippen MR) is 189 cm³/mol. The molecule has 5 atom stereocenters. The van der Waals surface area contributed by atoms with E-state index >= 15 is 0 Å². The molecule has 9 rings (SSSR count). The summed E-state index contributed by atoms with van der Waals surface area (Å²) in [6, 6.07) is 13.7. The number of ether oxygens (including phenoxy) is 1. The Hall–Kier alpha value is -5.10. The molecule has 2 N–H and O–H groups in total. The van der Waals surface area contributed by atoms with E-state index in [9.17, 15) is 0 Å². The Morgan fingerprint density at radius 1 is 0.915 bits per heavy atom. The van der Waals surface area contributed by atoms with Crippen molar-refractivity contribution in [3.05, 3.63) is 160 Å². The summed E-state index contributed by atoms with van der Waals surface area (Å²) in [7, 11) is 0. The number of rotatable bonds is 5. The van der Waals surface area contributed by atoms with Crippen LogP contribution in [0.4, 0.5) is 5.69 Å². The van der Waals surface area contributed by atoms with Gasteiger partial charge in [0.2, 0.25) is 0 Å². The summed E-state index contributed by atoms with van der Waals surface area (Å²) in [6.45, 7) is 3.06. The van der Waals surface area contributed by atoms with E-state index in [1.807, 2.05) is 18.6 Å². The molecular weight excluding hydrogens is 578 g/mol. The third-order valence-electron chi connectivity index (χ3n) is 10.5. The highest BCUT2D eigenvalue weighted by atomic mass is 16.5. The van der Waals surface area contributed by atoms with E-state index in [0.29, 0.717) is 5.92 Å². The zero-order valence-corrected chi connectivity index (χ0v) is 26.6. The van der Waals surface area contributed by atoms with Crippen molar-refractivity contribution in [1.29, 1.82) is 0 Å². The van der Waals surface area contributed by atoms with Gasteiger partial charge in [0.15, 0.2) is 6.23 Å². The minimum atomic E-state index is -0.0571. The van der Waals surface area contributed by atoms with Gasteiger partial charge in [-0.1, -0.05) is 61.6 Å². The molecular formula is C41H39N5O. The molecule has 0 saturated heterocycles. The van der Waals surface area contributed by atoms with Crippen LogP contribution in [-0.4, -0.2) is 30.0 Å². The molecule has 1 aromatic carbocycles. The van der Waals surface area contributed by atoms with Gasteiger partial charge in [0.25, 0.3) is 0 Å². The highest BCUT2D eigenvalue weighted by molar-refractivity contribution is 5.80. The lowest BCUT2D eigenvalue weighted by molar-refractivity contribution is 0.158. The summed E-state index contributed by atoms with van der Waals surface area (Å²) >= 11 is 0. The van der Waals surface area contributed by atoms with Crippen molar-refractivity contribution in [3.63, 3.8) is 0 Å². The third-order valence-corrected chi connectivity index (χ3v) is 10.5. The van der Waals surface area contributed by atoms with E-state index in [-0.39, 0.29) is 24.2 Å². The molecule has 5 unspecified atom stereocenters. The lowest BCUT2D eigenvalue weighted by Crippen LogP contribution is -2.33. The fourth-order valence-electron chi connectivity index (χ4n) is 8.10. The molecule has 0 saturated carbocycles. The van der Waals surface area contributed by atoms with Gasteiger partial charge in [0.05, 0.1) is 17.8 Å². The van der Waals surface area contributed by atoms with Crippen LogP contribution < -0.4 is 15.5 Å². The van der Waals surface area contributed by atoms with Crippen molar-refractivity contribution in [2.24, 2.45) is 16.8 Å². The third kappa shape index (κ3) is 4.94. The van der Waals surface area contributed by atoms with Crippen LogP contribution in [0.1, 0.15) is 49.8 Å². The van der Waals surface area contributed by atoms with Crippen molar-refractivity contribution in [1.82, 2.24) is 15.6 Å². The van der Waals surface area contributed by atoms with Crippen molar-refractivity contribution >= 4 is 17.5 Å². The number of anilines is 1. The molecule has 0 radical (unpaired) electrons. The predicted octanol–water partition coefficient (Wildman–Crippen LogP) is 7.75. The van der Waals surface area contributed by atoms with Gasteiger partial charge in [-0.3, -0.25) is 9.98 Å². The summed E-state index contributed by atoms with van der Waals surface area (Å²) in [6.07, 6.45) is 32.2. The quantitative estimate of drug-likeness (QED) is 0.359. The van der Waals surface area contributed by atoms with Crippen LogP contribution >= 0.6 is 0 Å². The molecule has 5 heterocycles. The fraction of sp³-hybridized carbons (Fsp3) is 0.268. The zero-order valence-electron chi connectivity index (χ0n) is 26.6. The highest BCUT2D eigenvalue weighted by Gasteiger charge is 2.46. The average molecular weight is 618 g/mol. The number of benzene rings is 1. The highest BCUT2D eigenvalue weighted by Crippen LogP contribution is 2.50. The standard InChI is InChI=1S/C41H39N5O/c1-26-25-43-22-19-32(26)36-24-30(27-17-20-42-21-18-27)23-35(44-36)28-11-13-31(14-12-28)46-37-10-6-5-9-33(37)39-38(46)16-15-34-40(39)47-41(45-34)29-7-3-2-4-8-29/h2-3,5-7,9-14,17-24,26,33,35,37,41,44-45H,4,8,15-16,25H2,1H3. The maximum absolute atomic E-state index is 6.75. The maximum atomic E-state index is 6.75. The second-order valence-corrected chi connectivity index (χ2v) is 13.3. The van der Waals surface area contributed by atoms with Gasteiger partial charge >= 0.3 is 0 Å². The summed E-state index contributed by atoms with van der Waals surface area (Å²) in [5.74, 6) is 1.71. The molecule has 1 aromatic heterocycles. The van der Waals surface area contributed by atoms with Crippen molar-refractivity contribution in [2.75, 3.05) is 11.4 Å². The first-order chi connectivity index (χ1) is 23.2. The number of allylic oxidation sites excluding steroid dienone is 12. The van der Waals surface area contributed by atoms with Gasteiger partial charge in [-0.15, -0.1) is 0 Å². The topological polar surface area (TPSA) is 61.8 Å². The summed E-state index contributed by atoms with van der Waals surface area (Å²) in [5, 5.41) is 7.61. The Labute approximate surface area is 276 Å². The Morgan fingerprint density at radius 3 is 2.62 bits per heavy atom.